The van der Waals surface area contributed by atoms with Gasteiger partial charge >= 0.3 is 6.18 Å². The number of rotatable bonds is 8. The molecule has 0 unspecified atom stereocenters. The summed E-state index contributed by atoms with van der Waals surface area (Å²) in [5.74, 6) is 0.152. The van der Waals surface area contributed by atoms with Crippen LogP contribution in [0, 0.1) is 0 Å². The molecule has 1 aliphatic heterocycles. The Morgan fingerprint density at radius 1 is 0.971 bits per heavy atom. The fourth-order valence-corrected chi connectivity index (χ4v) is 5.02. The molecular weight excluding hydrogens is 469 g/mol. The summed E-state index contributed by atoms with van der Waals surface area (Å²) in [6, 6.07) is 10.3. The molecule has 0 aromatic heterocycles. The van der Waals surface area contributed by atoms with Crippen molar-refractivity contribution in [3.8, 4) is 5.75 Å². The van der Waals surface area contributed by atoms with Crippen molar-refractivity contribution in [3.63, 3.8) is 0 Å². The van der Waals surface area contributed by atoms with Gasteiger partial charge in [-0.05, 0) is 43.8 Å². The van der Waals surface area contributed by atoms with Crippen molar-refractivity contribution in [2.75, 3.05) is 46.4 Å². The maximum Gasteiger partial charge on any atom is 0.411 e. The maximum atomic E-state index is 13.2. The molecule has 1 aliphatic rings. The normalized spacial score (nSPS) is 16.4. The molecule has 10 heteroatoms. The van der Waals surface area contributed by atoms with Gasteiger partial charge in [-0.15, -0.1) is 0 Å². The zero-order valence-electron chi connectivity index (χ0n) is 19.0. The first-order valence-corrected chi connectivity index (χ1v) is 12.2. The Hall–Kier alpha value is -2.69. The first kappa shape index (κ1) is 25.9. The molecule has 6 nitrogen and oxygen atoms in total. The van der Waals surface area contributed by atoms with Crippen LogP contribution in [0.25, 0.3) is 4.91 Å². The van der Waals surface area contributed by atoms with E-state index < -0.39 is 20.9 Å². The van der Waals surface area contributed by atoms with Crippen molar-refractivity contribution in [2.45, 2.75) is 18.0 Å². The van der Waals surface area contributed by atoms with Crippen LogP contribution in [-0.2, 0) is 9.84 Å². The van der Waals surface area contributed by atoms with Crippen LogP contribution in [0.1, 0.15) is 22.8 Å². The zero-order chi connectivity index (χ0) is 24.9. The number of Topliss-reactive ketones (excluding diaryl/α,β-unsaturated/α-hetero) is 1. The summed E-state index contributed by atoms with van der Waals surface area (Å²) in [5.41, 5.74) is 0.111. The number of benzene rings is 2. The van der Waals surface area contributed by atoms with E-state index in [-0.39, 0.29) is 27.9 Å². The monoisotopic (exact) mass is 496 g/mol. The van der Waals surface area contributed by atoms with Crippen LogP contribution < -0.4 is 4.74 Å². The highest BCUT2D eigenvalue weighted by Crippen LogP contribution is 2.33. The number of hydrogen-bond acceptors (Lipinski definition) is 6. The van der Waals surface area contributed by atoms with E-state index in [2.05, 4.69) is 16.8 Å². The fraction of sp³-hybridized carbons (Fsp3) is 0.375. The average molecular weight is 497 g/mol. The number of carbonyl (C=O) groups is 1. The Morgan fingerprint density at radius 3 is 2.06 bits per heavy atom. The van der Waals surface area contributed by atoms with E-state index in [9.17, 15) is 26.4 Å². The number of carbonyl (C=O) groups excluding carboxylic acids is 1. The van der Waals surface area contributed by atoms with Gasteiger partial charge in [0, 0.05) is 44.4 Å². The van der Waals surface area contributed by atoms with Crippen LogP contribution in [0.2, 0.25) is 0 Å². The van der Waals surface area contributed by atoms with E-state index in [1.807, 2.05) is 0 Å². The van der Waals surface area contributed by atoms with Crippen LogP contribution >= 0.6 is 0 Å². The summed E-state index contributed by atoms with van der Waals surface area (Å²) in [6.07, 6.45) is -5.08. The highest BCUT2D eigenvalue weighted by Gasteiger charge is 2.31. The SMILES string of the molecule is CC(=O)c1ccc(/C(=C\C(F)(F)F)S(=O)(=O)c2ccc(OCCN3CCN(C)CC3)cc2)cc1. The lowest BCUT2D eigenvalue weighted by atomic mass is 10.1. The van der Waals surface area contributed by atoms with Gasteiger partial charge in [0.15, 0.2) is 5.78 Å². The third-order valence-corrected chi connectivity index (χ3v) is 7.39. The summed E-state index contributed by atoms with van der Waals surface area (Å²) in [6.45, 7) is 6.31. The number of ether oxygens (including phenoxy) is 1. The van der Waals surface area contributed by atoms with Gasteiger partial charge in [0.2, 0.25) is 9.84 Å². The Morgan fingerprint density at radius 2 is 1.53 bits per heavy atom. The maximum absolute atomic E-state index is 13.2. The minimum atomic E-state index is -4.85. The average Bonchev–Trinajstić information content (AvgIpc) is 2.78. The molecule has 0 aliphatic carbocycles. The third kappa shape index (κ3) is 6.91. The lowest BCUT2D eigenvalue weighted by Gasteiger charge is -2.32. The van der Waals surface area contributed by atoms with Crippen molar-refractivity contribution in [2.24, 2.45) is 0 Å². The van der Waals surface area contributed by atoms with Gasteiger partial charge in [0.25, 0.3) is 0 Å². The van der Waals surface area contributed by atoms with Crippen LogP contribution in [-0.4, -0.2) is 76.6 Å². The van der Waals surface area contributed by atoms with E-state index in [4.69, 9.17) is 4.74 Å². The summed E-state index contributed by atoms with van der Waals surface area (Å²) in [4.78, 5) is 14.8. The van der Waals surface area contributed by atoms with E-state index >= 15 is 0 Å². The first-order chi connectivity index (χ1) is 16.0. The van der Waals surface area contributed by atoms with Crippen molar-refractivity contribution in [3.05, 3.63) is 65.7 Å². The van der Waals surface area contributed by atoms with Crippen LogP contribution in [0.4, 0.5) is 13.2 Å². The second kappa shape index (κ2) is 10.7. The largest absolute Gasteiger partial charge is 0.492 e. The smallest absolute Gasteiger partial charge is 0.411 e. The summed E-state index contributed by atoms with van der Waals surface area (Å²) >= 11 is 0. The molecule has 184 valence electrons. The van der Waals surface area contributed by atoms with Crippen LogP contribution in [0.15, 0.2) is 59.5 Å². The molecule has 2 aromatic carbocycles. The molecule has 1 fully saturated rings. The van der Waals surface area contributed by atoms with Gasteiger partial charge in [-0.3, -0.25) is 9.69 Å². The molecule has 1 heterocycles. The Bertz CT molecular complexity index is 1120. The highest BCUT2D eigenvalue weighted by atomic mass is 32.2. The Balaban J connectivity index is 1.76. The van der Waals surface area contributed by atoms with Crippen LogP contribution in [0.3, 0.4) is 0 Å². The Labute approximate surface area is 197 Å². The number of sulfone groups is 1. The second-order valence-electron chi connectivity index (χ2n) is 8.15. The van der Waals surface area contributed by atoms with Gasteiger partial charge in [0.1, 0.15) is 12.4 Å². The van der Waals surface area contributed by atoms with E-state index in [1.54, 1.807) is 0 Å². The number of ketones is 1. The van der Waals surface area contributed by atoms with Gasteiger partial charge in [0.05, 0.1) is 9.80 Å². The number of halogens is 3. The molecular formula is C24H27F3N2O4S. The molecule has 0 saturated carbocycles. The van der Waals surface area contributed by atoms with E-state index in [0.29, 0.717) is 12.4 Å². The number of alkyl halides is 3. The minimum Gasteiger partial charge on any atom is -0.492 e. The number of piperazine rings is 1. The molecule has 0 bridgehead atoms. The van der Waals surface area contributed by atoms with Crippen molar-refractivity contribution >= 4 is 20.5 Å². The van der Waals surface area contributed by atoms with E-state index in [0.717, 1.165) is 32.7 Å². The van der Waals surface area contributed by atoms with Gasteiger partial charge in [-0.25, -0.2) is 8.42 Å². The lowest BCUT2D eigenvalue weighted by molar-refractivity contribution is -0.0792. The molecule has 0 N–H and O–H groups in total. The lowest BCUT2D eigenvalue weighted by Crippen LogP contribution is -2.45. The third-order valence-electron chi connectivity index (χ3n) is 5.57. The van der Waals surface area contributed by atoms with Gasteiger partial charge in [-0.1, -0.05) is 24.3 Å². The fourth-order valence-electron chi connectivity index (χ4n) is 3.54. The van der Waals surface area contributed by atoms with Crippen molar-refractivity contribution in [1.29, 1.82) is 0 Å². The highest BCUT2D eigenvalue weighted by molar-refractivity contribution is 8.00. The van der Waals surface area contributed by atoms with Crippen LogP contribution in [0.5, 0.6) is 5.75 Å². The molecule has 2 aromatic rings. The summed E-state index contributed by atoms with van der Waals surface area (Å²) < 4.78 is 71.5. The number of nitrogens with zero attached hydrogens (tertiary/aromatic N) is 2. The predicted molar refractivity (Wildman–Crippen MR) is 124 cm³/mol. The zero-order valence-corrected chi connectivity index (χ0v) is 19.8. The minimum absolute atomic E-state index is 0.158. The standard InChI is InChI=1S/C24H27F3N2O4S/c1-18(30)19-3-5-20(6-4-19)23(17-24(25,26)27)34(31,32)22-9-7-21(8-10-22)33-16-15-29-13-11-28(2)12-14-29/h3-10,17H,11-16H2,1-2H3/b23-17+. The predicted octanol–water partition coefficient (Wildman–Crippen LogP) is 3.89. The summed E-state index contributed by atoms with van der Waals surface area (Å²) in [7, 11) is -2.42. The van der Waals surface area contributed by atoms with Gasteiger partial charge in [-0.2, -0.15) is 13.2 Å². The molecule has 1 saturated heterocycles. The number of likely N-dealkylation sites (N-methyl/N-ethyl adjacent to an activating group) is 1. The summed E-state index contributed by atoms with van der Waals surface area (Å²) in [5, 5.41) is 0. The van der Waals surface area contributed by atoms with E-state index in [1.165, 1.54) is 55.5 Å². The topological polar surface area (TPSA) is 66.9 Å². The first-order valence-electron chi connectivity index (χ1n) is 10.8. The molecule has 0 spiro atoms. The number of allylic oxidation sites excluding steroid dienone is 1. The molecule has 3 rings (SSSR count). The van der Waals surface area contributed by atoms with Crippen molar-refractivity contribution < 1.29 is 31.1 Å². The molecule has 0 radical (unpaired) electrons. The molecule has 0 atom stereocenters. The van der Waals surface area contributed by atoms with Gasteiger partial charge < -0.3 is 9.64 Å². The molecule has 0 amide bonds. The number of hydrogen-bond donors (Lipinski definition) is 0. The second-order valence-corrected chi connectivity index (χ2v) is 10.1. The quantitative estimate of drug-likeness (QED) is 0.517. The molecule has 34 heavy (non-hydrogen) atoms. The Kier molecular flexibility index (Phi) is 8.17. The van der Waals surface area contributed by atoms with Crippen molar-refractivity contribution in [1.82, 2.24) is 9.80 Å².